The van der Waals surface area contributed by atoms with Gasteiger partial charge in [0.25, 0.3) is 11.6 Å². The molecule has 0 aliphatic carbocycles. The Morgan fingerprint density at radius 1 is 1.43 bits per heavy atom. The van der Waals surface area contributed by atoms with Crippen LogP contribution >= 0.6 is 0 Å². The van der Waals surface area contributed by atoms with Gasteiger partial charge in [-0.25, -0.2) is 0 Å². The number of benzene rings is 1. The van der Waals surface area contributed by atoms with E-state index in [1.54, 1.807) is 6.07 Å². The zero-order chi connectivity index (χ0) is 15.2. The number of nitro benzene ring substituents is 1. The van der Waals surface area contributed by atoms with E-state index in [9.17, 15) is 14.9 Å². The van der Waals surface area contributed by atoms with E-state index >= 15 is 0 Å². The maximum atomic E-state index is 11.7. The number of carbonyl (C=O) groups excluding carboxylic acids is 1. The maximum Gasteiger partial charge on any atom is 0.292 e. The molecule has 1 atom stereocenters. The highest BCUT2D eigenvalue weighted by atomic mass is 16.6. The van der Waals surface area contributed by atoms with Crippen molar-refractivity contribution in [2.75, 3.05) is 25.5 Å². The fourth-order valence-corrected chi connectivity index (χ4v) is 2.46. The predicted octanol–water partition coefficient (Wildman–Crippen LogP) is 1.51. The van der Waals surface area contributed by atoms with E-state index in [0.717, 1.165) is 32.4 Å². The van der Waals surface area contributed by atoms with Crippen LogP contribution in [-0.2, 0) is 0 Å². The third kappa shape index (κ3) is 3.91. The molecule has 1 aliphatic rings. The molecule has 1 aliphatic heterocycles. The van der Waals surface area contributed by atoms with Crippen molar-refractivity contribution in [2.45, 2.75) is 25.3 Å². The monoisotopic (exact) mass is 292 g/mol. The smallest absolute Gasteiger partial charge is 0.292 e. The Bertz CT molecular complexity index is 525. The molecular weight excluding hydrogens is 272 g/mol. The molecule has 114 valence electrons. The number of anilines is 1. The lowest BCUT2D eigenvalue weighted by molar-refractivity contribution is -0.384. The zero-order valence-electron chi connectivity index (χ0n) is 12.0. The van der Waals surface area contributed by atoms with Crippen LogP contribution in [-0.4, -0.2) is 37.0 Å². The van der Waals surface area contributed by atoms with Gasteiger partial charge in [0.05, 0.1) is 4.92 Å². The molecule has 7 nitrogen and oxygen atoms in total. The Morgan fingerprint density at radius 3 is 2.95 bits per heavy atom. The van der Waals surface area contributed by atoms with E-state index in [0.29, 0.717) is 11.3 Å². The Labute approximate surface area is 123 Å². The lowest BCUT2D eigenvalue weighted by Crippen LogP contribution is -2.31. The van der Waals surface area contributed by atoms with Gasteiger partial charge in [-0.1, -0.05) is 6.42 Å². The third-order valence-corrected chi connectivity index (χ3v) is 3.59. The molecule has 21 heavy (non-hydrogen) atoms. The minimum Gasteiger partial charge on any atom is -0.375 e. The van der Waals surface area contributed by atoms with Gasteiger partial charge < -0.3 is 16.0 Å². The molecule has 0 aromatic heterocycles. The van der Waals surface area contributed by atoms with Crippen molar-refractivity contribution < 1.29 is 9.72 Å². The van der Waals surface area contributed by atoms with Crippen molar-refractivity contribution in [3.8, 4) is 0 Å². The van der Waals surface area contributed by atoms with Crippen LogP contribution in [0.5, 0.6) is 0 Å². The first-order chi connectivity index (χ1) is 10.1. The molecule has 3 N–H and O–H groups in total. The summed E-state index contributed by atoms with van der Waals surface area (Å²) in [5, 5.41) is 20.2. The molecule has 7 heteroatoms. The van der Waals surface area contributed by atoms with Gasteiger partial charge in [-0.2, -0.15) is 0 Å². The topological polar surface area (TPSA) is 96.3 Å². The van der Waals surface area contributed by atoms with Crippen LogP contribution in [0.3, 0.4) is 0 Å². The van der Waals surface area contributed by atoms with E-state index in [1.807, 2.05) is 0 Å². The number of amides is 1. The Balaban J connectivity index is 2.25. The van der Waals surface area contributed by atoms with E-state index in [2.05, 4.69) is 16.0 Å². The molecule has 1 unspecified atom stereocenters. The van der Waals surface area contributed by atoms with Crippen molar-refractivity contribution in [1.29, 1.82) is 0 Å². The minimum atomic E-state index is -0.430. The predicted molar refractivity (Wildman–Crippen MR) is 80.6 cm³/mol. The van der Waals surface area contributed by atoms with E-state index < -0.39 is 4.92 Å². The summed E-state index contributed by atoms with van der Waals surface area (Å²) in [6.45, 7) is 1.74. The normalized spacial score (nSPS) is 18.6. The summed E-state index contributed by atoms with van der Waals surface area (Å²) in [6.07, 6.45) is 3.14. The van der Waals surface area contributed by atoms with Crippen molar-refractivity contribution >= 4 is 17.3 Å². The molecule has 1 fully saturated rings. The Hall–Kier alpha value is -2.15. The fourth-order valence-electron chi connectivity index (χ4n) is 2.46. The molecular formula is C14H20N4O3. The number of nitro groups is 1. The summed E-state index contributed by atoms with van der Waals surface area (Å²) in [6, 6.07) is 4.51. The molecule has 1 aromatic rings. The summed E-state index contributed by atoms with van der Waals surface area (Å²) in [5.41, 5.74) is 0.800. The lowest BCUT2D eigenvalue weighted by Gasteiger charge is -2.18. The SMILES string of the molecule is CNC(=O)c1ccc([N+](=O)[O-])c(NC2CCCCNC2)c1. The number of carbonyl (C=O) groups is 1. The van der Waals surface area contributed by atoms with Crippen molar-refractivity contribution in [3.05, 3.63) is 33.9 Å². The van der Waals surface area contributed by atoms with Gasteiger partial charge in [0.2, 0.25) is 0 Å². The number of nitrogens with zero attached hydrogens (tertiary/aromatic N) is 1. The van der Waals surface area contributed by atoms with Crippen LogP contribution < -0.4 is 16.0 Å². The van der Waals surface area contributed by atoms with Crippen LogP contribution in [0.2, 0.25) is 0 Å². The van der Waals surface area contributed by atoms with Crippen molar-refractivity contribution in [2.24, 2.45) is 0 Å². The molecule has 1 aromatic carbocycles. The van der Waals surface area contributed by atoms with Gasteiger partial charge in [-0.3, -0.25) is 14.9 Å². The molecule has 0 saturated carbocycles. The van der Waals surface area contributed by atoms with Gasteiger partial charge >= 0.3 is 0 Å². The third-order valence-electron chi connectivity index (χ3n) is 3.59. The van der Waals surface area contributed by atoms with Crippen molar-refractivity contribution in [3.63, 3.8) is 0 Å². The Morgan fingerprint density at radius 2 is 2.24 bits per heavy atom. The summed E-state index contributed by atoms with van der Waals surface area (Å²) < 4.78 is 0. The van der Waals surface area contributed by atoms with Gasteiger partial charge in [0.1, 0.15) is 5.69 Å². The molecule has 2 rings (SSSR count). The van der Waals surface area contributed by atoms with E-state index in [-0.39, 0.29) is 17.6 Å². The second-order valence-corrected chi connectivity index (χ2v) is 5.11. The van der Waals surface area contributed by atoms with Gasteiger partial charge in [-0.15, -0.1) is 0 Å². The molecule has 1 heterocycles. The van der Waals surface area contributed by atoms with Crippen molar-refractivity contribution in [1.82, 2.24) is 10.6 Å². The molecule has 0 radical (unpaired) electrons. The highest BCUT2D eigenvalue weighted by molar-refractivity contribution is 5.95. The average molecular weight is 292 g/mol. The Kier molecular flexibility index (Phi) is 5.10. The van der Waals surface area contributed by atoms with Crippen LogP contribution in [0.15, 0.2) is 18.2 Å². The number of hydrogen-bond donors (Lipinski definition) is 3. The number of rotatable bonds is 4. The van der Waals surface area contributed by atoms with Crippen LogP contribution in [0, 0.1) is 10.1 Å². The maximum absolute atomic E-state index is 11.7. The minimum absolute atomic E-state index is 0.00750. The van der Waals surface area contributed by atoms with E-state index in [4.69, 9.17) is 0 Å². The largest absolute Gasteiger partial charge is 0.375 e. The summed E-state index contributed by atoms with van der Waals surface area (Å²) in [4.78, 5) is 22.4. The van der Waals surface area contributed by atoms with Crippen LogP contribution in [0.25, 0.3) is 0 Å². The van der Waals surface area contributed by atoms with E-state index in [1.165, 1.54) is 19.2 Å². The van der Waals surface area contributed by atoms with Crippen LogP contribution in [0.1, 0.15) is 29.6 Å². The highest BCUT2D eigenvalue weighted by Gasteiger charge is 2.20. The quantitative estimate of drug-likeness (QED) is 0.577. The van der Waals surface area contributed by atoms with Crippen LogP contribution in [0.4, 0.5) is 11.4 Å². The average Bonchev–Trinajstić information content (AvgIpc) is 2.74. The lowest BCUT2D eigenvalue weighted by atomic mass is 10.1. The standard InChI is InChI=1S/C14H20N4O3/c1-15-14(19)10-5-6-13(18(20)21)12(8-10)17-11-4-2-3-7-16-9-11/h5-6,8,11,16-17H,2-4,7,9H2,1H3,(H,15,19). The zero-order valence-corrected chi connectivity index (χ0v) is 12.0. The summed E-state index contributed by atoms with van der Waals surface area (Å²) in [5.74, 6) is -0.257. The molecule has 1 amide bonds. The van der Waals surface area contributed by atoms with Gasteiger partial charge in [-0.05, 0) is 31.5 Å². The first kappa shape index (κ1) is 15.2. The second-order valence-electron chi connectivity index (χ2n) is 5.11. The van der Waals surface area contributed by atoms with Gasteiger partial charge in [0.15, 0.2) is 0 Å². The summed E-state index contributed by atoms with van der Waals surface area (Å²) >= 11 is 0. The second kappa shape index (κ2) is 7.03. The highest BCUT2D eigenvalue weighted by Crippen LogP contribution is 2.27. The first-order valence-corrected chi connectivity index (χ1v) is 7.09. The first-order valence-electron chi connectivity index (χ1n) is 7.09. The van der Waals surface area contributed by atoms with Gasteiger partial charge in [0, 0.05) is 31.3 Å². The molecule has 1 saturated heterocycles. The number of nitrogens with one attached hydrogen (secondary N) is 3. The molecule has 0 bridgehead atoms. The number of hydrogen-bond acceptors (Lipinski definition) is 5. The molecule has 0 spiro atoms. The fraction of sp³-hybridized carbons (Fsp3) is 0.500. The summed E-state index contributed by atoms with van der Waals surface area (Å²) in [7, 11) is 1.53.